The highest BCUT2D eigenvalue weighted by atomic mass is 16.5. The fourth-order valence-electron chi connectivity index (χ4n) is 2.87. The minimum atomic E-state index is 0.907. The Morgan fingerprint density at radius 1 is 0.810 bits per heavy atom. The molecule has 0 heterocycles. The van der Waals surface area contributed by atoms with E-state index < -0.39 is 0 Å². The van der Waals surface area contributed by atoms with Crippen molar-refractivity contribution < 1.29 is 4.74 Å². The molecule has 1 heteroatoms. The molecule has 2 aliphatic carbocycles. The Kier molecular flexibility index (Phi) is 8.24. The first-order valence-electron chi connectivity index (χ1n) is 8.74. The van der Waals surface area contributed by atoms with Crippen LogP contribution < -0.4 is 0 Å². The van der Waals surface area contributed by atoms with Gasteiger partial charge in [-0.2, -0.15) is 0 Å². The van der Waals surface area contributed by atoms with Crippen LogP contribution in [0.5, 0.6) is 0 Å². The van der Waals surface area contributed by atoms with Crippen molar-refractivity contribution in [3.05, 3.63) is 47.6 Å². The van der Waals surface area contributed by atoms with Crippen molar-refractivity contribution in [2.45, 2.75) is 64.2 Å². The fraction of sp³-hybridized carbons (Fsp3) is 0.600. The van der Waals surface area contributed by atoms with Crippen LogP contribution >= 0.6 is 0 Å². The first kappa shape index (κ1) is 16.3. The number of hydrogen-bond acceptors (Lipinski definition) is 1. The molecule has 2 aliphatic rings. The van der Waals surface area contributed by atoms with E-state index in [0.29, 0.717) is 0 Å². The summed E-state index contributed by atoms with van der Waals surface area (Å²) in [6.45, 7) is 1.81. The van der Waals surface area contributed by atoms with Crippen molar-refractivity contribution in [1.82, 2.24) is 0 Å². The van der Waals surface area contributed by atoms with Crippen LogP contribution in [-0.4, -0.2) is 13.2 Å². The molecule has 0 aliphatic heterocycles. The molecular formula is C20H30O. The van der Waals surface area contributed by atoms with Gasteiger partial charge in [0.05, 0.1) is 0 Å². The molecule has 21 heavy (non-hydrogen) atoms. The predicted molar refractivity (Wildman–Crippen MR) is 91.4 cm³/mol. The lowest BCUT2D eigenvalue weighted by molar-refractivity contribution is 0.130. The van der Waals surface area contributed by atoms with Crippen LogP contribution in [0.15, 0.2) is 47.6 Å². The van der Waals surface area contributed by atoms with Gasteiger partial charge in [-0.1, -0.05) is 47.6 Å². The minimum absolute atomic E-state index is 0.907. The SMILES string of the molecule is C1=CC(=CCCCOCCCC=C2C=CCCC2)CCC1. The zero-order valence-corrected chi connectivity index (χ0v) is 13.4. The summed E-state index contributed by atoms with van der Waals surface area (Å²) in [5.74, 6) is 0. The largest absolute Gasteiger partial charge is 0.381 e. The smallest absolute Gasteiger partial charge is 0.0468 e. The second kappa shape index (κ2) is 10.6. The van der Waals surface area contributed by atoms with Crippen LogP contribution in [0.3, 0.4) is 0 Å². The molecule has 0 spiro atoms. The molecule has 0 aromatic carbocycles. The number of rotatable bonds is 8. The molecule has 0 aromatic rings. The molecule has 0 saturated heterocycles. The van der Waals surface area contributed by atoms with Gasteiger partial charge in [0.2, 0.25) is 0 Å². The first-order chi connectivity index (χ1) is 10.4. The van der Waals surface area contributed by atoms with Gasteiger partial charge in [0.15, 0.2) is 0 Å². The third-order valence-corrected chi connectivity index (χ3v) is 4.13. The van der Waals surface area contributed by atoms with E-state index in [1.54, 1.807) is 0 Å². The highest BCUT2D eigenvalue weighted by molar-refractivity contribution is 5.21. The molecule has 0 unspecified atom stereocenters. The molecule has 0 atom stereocenters. The molecule has 0 aromatic heterocycles. The Hall–Kier alpha value is -1.08. The molecule has 116 valence electrons. The van der Waals surface area contributed by atoms with E-state index in [9.17, 15) is 0 Å². The minimum Gasteiger partial charge on any atom is -0.381 e. The summed E-state index contributed by atoms with van der Waals surface area (Å²) in [6.07, 6.45) is 26.3. The highest BCUT2D eigenvalue weighted by Crippen LogP contribution is 2.17. The normalized spacial score (nSPS) is 22.3. The molecule has 1 nitrogen and oxygen atoms in total. The maximum atomic E-state index is 5.72. The Morgan fingerprint density at radius 2 is 1.33 bits per heavy atom. The summed E-state index contributed by atoms with van der Waals surface area (Å²) >= 11 is 0. The monoisotopic (exact) mass is 286 g/mol. The lowest BCUT2D eigenvalue weighted by atomic mass is 10.0. The number of unbranched alkanes of at least 4 members (excludes halogenated alkanes) is 2. The van der Waals surface area contributed by atoms with Gasteiger partial charge in [0.25, 0.3) is 0 Å². The van der Waals surface area contributed by atoms with Crippen LogP contribution in [0, 0.1) is 0 Å². The maximum absolute atomic E-state index is 5.72. The van der Waals surface area contributed by atoms with E-state index >= 15 is 0 Å². The predicted octanol–water partition coefficient (Wildman–Crippen LogP) is 5.90. The highest BCUT2D eigenvalue weighted by Gasteiger charge is 1.99. The van der Waals surface area contributed by atoms with Gasteiger partial charge in [0.1, 0.15) is 0 Å². The maximum Gasteiger partial charge on any atom is 0.0468 e. The Labute approximate surface area is 130 Å². The second-order valence-electron chi connectivity index (χ2n) is 6.04. The summed E-state index contributed by atoms with van der Waals surface area (Å²) < 4.78 is 5.72. The van der Waals surface area contributed by atoms with E-state index in [4.69, 9.17) is 4.74 Å². The van der Waals surface area contributed by atoms with Crippen molar-refractivity contribution in [2.75, 3.05) is 13.2 Å². The third-order valence-electron chi connectivity index (χ3n) is 4.13. The average molecular weight is 286 g/mol. The number of allylic oxidation sites excluding steroid dienone is 8. The fourth-order valence-corrected chi connectivity index (χ4v) is 2.87. The average Bonchev–Trinajstić information content (AvgIpc) is 2.55. The first-order valence-corrected chi connectivity index (χ1v) is 8.74. The zero-order valence-electron chi connectivity index (χ0n) is 13.4. The second-order valence-corrected chi connectivity index (χ2v) is 6.04. The van der Waals surface area contributed by atoms with Gasteiger partial charge in [0, 0.05) is 13.2 Å². The van der Waals surface area contributed by atoms with Crippen LogP contribution in [0.25, 0.3) is 0 Å². The van der Waals surface area contributed by atoms with Gasteiger partial charge in [-0.3, -0.25) is 0 Å². The molecule has 0 fully saturated rings. The van der Waals surface area contributed by atoms with Gasteiger partial charge in [-0.15, -0.1) is 0 Å². The van der Waals surface area contributed by atoms with Crippen molar-refractivity contribution in [2.24, 2.45) is 0 Å². The Morgan fingerprint density at radius 3 is 1.76 bits per heavy atom. The van der Waals surface area contributed by atoms with Gasteiger partial charge in [-0.05, 0) is 64.2 Å². The molecule has 0 amide bonds. The van der Waals surface area contributed by atoms with Crippen LogP contribution in [0.1, 0.15) is 64.2 Å². The molecule has 0 N–H and O–H groups in total. The summed E-state index contributed by atoms with van der Waals surface area (Å²) in [7, 11) is 0. The molecule has 0 bridgehead atoms. The van der Waals surface area contributed by atoms with Crippen LogP contribution in [0.4, 0.5) is 0 Å². The van der Waals surface area contributed by atoms with Crippen LogP contribution in [-0.2, 0) is 4.74 Å². The molecule has 2 rings (SSSR count). The lowest BCUT2D eigenvalue weighted by Gasteiger charge is -2.08. The summed E-state index contributed by atoms with van der Waals surface area (Å²) in [4.78, 5) is 0. The summed E-state index contributed by atoms with van der Waals surface area (Å²) in [6, 6.07) is 0. The van der Waals surface area contributed by atoms with Gasteiger partial charge >= 0.3 is 0 Å². The number of hydrogen-bond donors (Lipinski definition) is 0. The molecule has 0 saturated carbocycles. The summed E-state index contributed by atoms with van der Waals surface area (Å²) in [5.41, 5.74) is 3.04. The van der Waals surface area contributed by atoms with Gasteiger partial charge in [-0.25, -0.2) is 0 Å². The number of ether oxygens (including phenoxy) is 1. The standard InChI is InChI=1S/C20H30O/c1-3-11-19(12-4-1)15-7-9-17-21-18-10-8-16-20-13-5-2-6-14-20/h3,5,11,13,15-16H,1-2,4,6-10,12,14,17-18H2. The van der Waals surface area contributed by atoms with E-state index in [-0.39, 0.29) is 0 Å². The van der Waals surface area contributed by atoms with Crippen molar-refractivity contribution in [1.29, 1.82) is 0 Å². The Bertz CT molecular complexity index is 360. The zero-order chi connectivity index (χ0) is 14.6. The molecular weight excluding hydrogens is 256 g/mol. The van der Waals surface area contributed by atoms with E-state index in [0.717, 1.165) is 38.9 Å². The van der Waals surface area contributed by atoms with E-state index in [2.05, 4.69) is 36.5 Å². The van der Waals surface area contributed by atoms with E-state index in [1.807, 2.05) is 0 Å². The summed E-state index contributed by atoms with van der Waals surface area (Å²) in [5, 5.41) is 0. The van der Waals surface area contributed by atoms with Crippen molar-refractivity contribution in [3.8, 4) is 0 Å². The Balaban J connectivity index is 1.43. The van der Waals surface area contributed by atoms with E-state index in [1.165, 1.54) is 49.7 Å². The van der Waals surface area contributed by atoms with Gasteiger partial charge < -0.3 is 4.74 Å². The topological polar surface area (TPSA) is 9.23 Å². The van der Waals surface area contributed by atoms with Crippen molar-refractivity contribution >= 4 is 0 Å². The quantitative estimate of drug-likeness (QED) is 0.505. The van der Waals surface area contributed by atoms with Crippen LogP contribution in [0.2, 0.25) is 0 Å². The third kappa shape index (κ3) is 7.47. The van der Waals surface area contributed by atoms with Crippen molar-refractivity contribution in [3.63, 3.8) is 0 Å². The molecule has 0 radical (unpaired) electrons. The lowest BCUT2D eigenvalue weighted by Crippen LogP contribution is -1.97.